The van der Waals surface area contributed by atoms with Crippen LogP contribution in [0.2, 0.25) is 0 Å². The van der Waals surface area contributed by atoms with Crippen molar-refractivity contribution in [2.45, 2.75) is 18.9 Å². The summed E-state index contributed by atoms with van der Waals surface area (Å²) < 4.78 is 13.4. The van der Waals surface area contributed by atoms with E-state index < -0.39 is 6.10 Å². The van der Waals surface area contributed by atoms with Gasteiger partial charge in [-0.15, -0.1) is 0 Å². The highest BCUT2D eigenvalue weighted by Gasteiger charge is 2.01. The third-order valence-electron chi connectivity index (χ3n) is 2.97. The first-order valence-corrected chi connectivity index (χ1v) is 6.40. The Morgan fingerprint density at radius 3 is 2.42 bits per heavy atom. The Balaban J connectivity index is 1.88. The SMILES string of the molecule is OC(/C=C/c1ccccc1F)CCc1ccccc1. The normalized spacial score (nSPS) is 12.7. The van der Waals surface area contributed by atoms with E-state index in [0.29, 0.717) is 12.0 Å². The maximum atomic E-state index is 13.4. The van der Waals surface area contributed by atoms with Crippen LogP contribution in [0, 0.1) is 5.82 Å². The van der Waals surface area contributed by atoms with E-state index in [1.807, 2.05) is 30.3 Å². The van der Waals surface area contributed by atoms with Crippen LogP contribution in [0.25, 0.3) is 6.08 Å². The molecule has 0 fully saturated rings. The number of benzene rings is 2. The molecule has 1 N–H and O–H groups in total. The van der Waals surface area contributed by atoms with E-state index in [1.54, 1.807) is 30.4 Å². The highest BCUT2D eigenvalue weighted by molar-refractivity contribution is 5.50. The van der Waals surface area contributed by atoms with Gasteiger partial charge in [0.15, 0.2) is 0 Å². The Hall–Kier alpha value is -1.93. The average molecular weight is 256 g/mol. The third kappa shape index (κ3) is 4.34. The van der Waals surface area contributed by atoms with E-state index in [-0.39, 0.29) is 5.82 Å². The molecule has 1 unspecified atom stereocenters. The van der Waals surface area contributed by atoms with Crippen LogP contribution in [-0.4, -0.2) is 11.2 Å². The summed E-state index contributed by atoms with van der Waals surface area (Å²) in [4.78, 5) is 0. The van der Waals surface area contributed by atoms with Crippen LogP contribution in [0.5, 0.6) is 0 Å². The fourth-order valence-electron chi connectivity index (χ4n) is 1.88. The monoisotopic (exact) mass is 256 g/mol. The van der Waals surface area contributed by atoms with Crippen molar-refractivity contribution in [3.8, 4) is 0 Å². The standard InChI is InChI=1S/C17H17FO/c18-17-9-5-4-8-15(17)11-13-16(19)12-10-14-6-2-1-3-7-14/h1-9,11,13,16,19H,10,12H2/b13-11+. The van der Waals surface area contributed by atoms with Gasteiger partial charge in [0.05, 0.1) is 6.10 Å². The minimum absolute atomic E-state index is 0.269. The summed E-state index contributed by atoms with van der Waals surface area (Å²) in [6.07, 6.45) is 4.16. The molecule has 98 valence electrons. The summed E-state index contributed by atoms with van der Waals surface area (Å²) >= 11 is 0. The topological polar surface area (TPSA) is 20.2 Å². The zero-order chi connectivity index (χ0) is 13.5. The number of rotatable bonds is 5. The van der Waals surface area contributed by atoms with Crippen molar-refractivity contribution in [2.24, 2.45) is 0 Å². The van der Waals surface area contributed by atoms with Crippen LogP contribution in [0.4, 0.5) is 4.39 Å². The van der Waals surface area contributed by atoms with E-state index in [4.69, 9.17) is 0 Å². The maximum absolute atomic E-state index is 13.4. The molecule has 1 atom stereocenters. The van der Waals surface area contributed by atoms with Crippen molar-refractivity contribution in [3.05, 3.63) is 77.6 Å². The highest BCUT2D eigenvalue weighted by Crippen LogP contribution is 2.11. The van der Waals surface area contributed by atoms with Crippen LogP contribution >= 0.6 is 0 Å². The fraction of sp³-hybridized carbons (Fsp3) is 0.176. The Kier molecular flexibility index (Phi) is 4.87. The summed E-state index contributed by atoms with van der Waals surface area (Å²) in [6, 6.07) is 16.5. The minimum atomic E-state index is -0.556. The molecule has 0 amide bonds. The lowest BCUT2D eigenvalue weighted by atomic mass is 10.1. The van der Waals surface area contributed by atoms with Gasteiger partial charge in [-0.1, -0.05) is 60.7 Å². The molecule has 2 rings (SSSR count). The van der Waals surface area contributed by atoms with E-state index in [1.165, 1.54) is 11.6 Å². The molecule has 2 aromatic rings. The molecule has 2 heteroatoms. The van der Waals surface area contributed by atoms with Gasteiger partial charge in [-0.3, -0.25) is 0 Å². The van der Waals surface area contributed by atoms with Gasteiger partial charge in [0.2, 0.25) is 0 Å². The van der Waals surface area contributed by atoms with Crippen LogP contribution in [0.15, 0.2) is 60.7 Å². The van der Waals surface area contributed by atoms with Gasteiger partial charge >= 0.3 is 0 Å². The second kappa shape index (κ2) is 6.86. The molecule has 0 bridgehead atoms. The van der Waals surface area contributed by atoms with Crippen molar-refractivity contribution in [1.82, 2.24) is 0 Å². The van der Waals surface area contributed by atoms with Gasteiger partial charge in [0.1, 0.15) is 5.82 Å². The molecular formula is C17H17FO. The number of hydrogen-bond donors (Lipinski definition) is 1. The van der Waals surface area contributed by atoms with E-state index in [9.17, 15) is 9.50 Å². The number of aliphatic hydroxyl groups is 1. The van der Waals surface area contributed by atoms with Gasteiger partial charge in [0.25, 0.3) is 0 Å². The van der Waals surface area contributed by atoms with Gasteiger partial charge in [-0.2, -0.15) is 0 Å². The quantitative estimate of drug-likeness (QED) is 0.862. The van der Waals surface area contributed by atoms with Gasteiger partial charge < -0.3 is 5.11 Å². The number of hydrogen-bond acceptors (Lipinski definition) is 1. The average Bonchev–Trinajstić information content (AvgIpc) is 2.45. The van der Waals surface area contributed by atoms with Crippen LogP contribution in [-0.2, 0) is 6.42 Å². The van der Waals surface area contributed by atoms with Gasteiger partial charge in [-0.25, -0.2) is 4.39 Å². The molecule has 0 aliphatic carbocycles. The van der Waals surface area contributed by atoms with Gasteiger partial charge in [0, 0.05) is 5.56 Å². The summed E-state index contributed by atoms with van der Waals surface area (Å²) in [5.74, 6) is -0.269. The minimum Gasteiger partial charge on any atom is -0.389 e. The van der Waals surface area contributed by atoms with Gasteiger partial charge in [-0.05, 0) is 24.5 Å². The lowest BCUT2D eigenvalue weighted by molar-refractivity contribution is 0.214. The van der Waals surface area contributed by atoms with Crippen LogP contribution in [0.1, 0.15) is 17.5 Å². The molecule has 2 aromatic carbocycles. The summed E-state index contributed by atoms with van der Waals surface area (Å²) in [6.45, 7) is 0. The third-order valence-corrected chi connectivity index (χ3v) is 2.97. The molecule has 0 radical (unpaired) electrons. The number of aliphatic hydroxyl groups excluding tert-OH is 1. The van der Waals surface area contributed by atoms with E-state index in [0.717, 1.165) is 6.42 Å². The molecule has 0 saturated carbocycles. The predicted octanol–water partition coefficient (Wildman–Crippen LogP) is 3.83. The Labute approximate surface area is 113 Å². The fourth-order valence-corrected chi connectivity index (χ4v) is 1.88. The van der Waals surface area contributed by atoms with Crippen molar-refractivity contribution in [3.63, 3.8) is 0 Å². The van der Waals surface area contributed by atoms with Crippen molar-refractivity contribution >= 4 is 6.08 Å². The van der Waals surface area contributed by atoms with Crippen LogP contribution < -0.4 is 0 Å². The summed E-state index contributed by atoms with van der Waals surface area (Å²) in [5.41, 5.74) is 1.70. The Bertz CT molecular complexity index is 534. The molecule has 0 saturated heterocycles. The summed E-state index contributed by atoms with van der Waals surface area (Å²) in [7, 11) is 0. The summed E-state index contributed by atoms with van der Waals surface area (Å²) in [5, 5.41) is 9.85. The highest BCUT2D eigenvalue weighted by atomic mass is 19.1. The zero-order valence-corrected chi connectivity index (χ0v) is 10.7. The largest absolute Gasteiger partial charge is 0.389 e. The molecular weight excluding hydrogens is 239 g/mol. The van der Waals surface area contributed by atoms with E-state index >= 15 is 0 Å². The molecule has 0 aromatic heterocycles. The van der Waals surface area contributed by atoms with Crippen molar-refractivity contribution in [2.75, 3.05) is 0 Å². The lowest BCUT2D eigenvalue weighted by Gasteiger charge is -2.05. The molecule has 0 heterocycles. The van der Waals surface area contributed by atoms with Crippen molar-refractivity contribution in [1.29, 1.82) is 0 Å². The molecule has 0 aliphatic heterocycles. The van der Waals surface area contributed by atoms with Crippen LogP contribution in [0.3, 0.4) is 0 Å². The predicted molar refractivity (Wildman–Crippen MR) is 76.2 cm³/mol. The first-order chi connectivity index (χ1) is 9.25. The first kappa shape index (κ1) is 13.5. The molecule has 19 heavy (non-hydrogen) atoms. The van der Waals surface area contributed by atoms with E-state index in [2.05, 4.69) is 0 Å². The molecule has 0 aliphatic rings. The van der Waals surface area contributed by atoms with Crippen molar-refractivity contribution < 1.29 is 9.50 Å². The lowest BCUT2D eigenvalue weighted by Crippen LogP contribution is -2.03. The molecule has 0 spiro atoms. The maximum Gasteiger partial charge on any atom is 0.130 e. The number of aryl methyl sites for hydroxylation is 1. The second-order valence-corrected chi connectivity index (χ2v) is 4.47. The Morgan fingerprint density at radius 2 is 1.68 bits per heavy atom. The zero-order valence-electron chi connectivity index (χ0n) is 10.7. The Morgan fingerprint density at radius 1 is 1.00 bits per heavy atom. The molecule has 1 nitrogen and oxygen atoms in total. The smallest absolute Gasteiger partial charge is 0.130 e. The number of halogens is 1. The second-order valence-electron chi connectivity index (χ2n) is 4.47. The first-order valence-electron chi connectivity index (χ1n) is 6.40.